The lowest BCUT2D eigenvalue weighted by molar-refractivity contribution is 0.0742. The molecule has 5 heteroatoms. The van der Waals surface area contributed by atoms with Crippen LogP contribution in [0.5, 0.6) is 0 Å². The number of nitrogens with zero attached hydrogens (tertiary/aromatic N) is 1. The van der Waals surface area contributed by atoms with Gasteiger partial charge in [0.1, 0.15) is 0 Å². The normalized spacial score (nSPS) is 10.2. The largest absolute Gasteiger partial charge is 0.393 e. The van der Waals surface area contributed by atoms with Crippen molar-refractivity contribution < 1.29 is 9.53 Å². The van der Waals surface area contributed by atoms with Gasteiger partial charge in [-0.15, -0.1) is 0 Å². The Bertz CT molecular complexity index is 409. The number of ether oxygens (including phenoxy) is 1. The lowest BCUT2D eigenvalue weighted by Gasteiger charge is -2.22. The third-order valence-electron chi connectivity index (χ3n) is 2.71. The third-order valence-corrected chi connectivity index (χ3v) is 2.92. The zero-order valence-corrected chi connectivity index (χ0v) is 12.0. The summed E-state index contributed by atoms with van der Waals surface area (Å²) < 4.78 is 5.01. The molecule has 1 aromatic rings. The fourth-order valence-corrected chi connectivity index (χ4v) is 1.81. The van der Waals surface area contributed by atoms with Gasteiger partial charge in [-0.05, 0) is 18.6 Å². The van der Waals surface area contributed by atoms with E-state index in [1.807, 2.05) is 30.3 Å². The molecule has 0 saturated heterocycles. The molecule has 0 heterocycles. The van der Waals surface area contributed by atoms with Crippen molar-refractivity contribution in [1.29, 1.82) is 0 Å². The van der Waals surface area contributed by atoms with E-state index >= 15 is 0 Å². The van der Waals surface area contributed by atoms with Gasteiger partial charge < -0.3 is 15.4 Å². The van der Waals surface area contributed by atoms with Crippen LogP contribution in [0.2, 0.25) is 0 Å². The summed E-state index contributed by atoms with van der Waals surface area (Å²) in [6.45, 7) is 1.82. The number of amides is 1. The Morgan fingerprint density at radius 3 is 2.58 bits per heavy atom. The van der Waals surface area contributed by atoms with E-state index in [2.05, 4.69) is 0 Å². The van der Waals surface area contributed by atoms with Crippen LogP contribution in [0.4, 0.5) is 0 Å². The molecule has 0 unspecified atom stereocenters. The predicted molar refractivity (Wildman–Crippen MR) is 80.2 cm³/mol. The quantitative estimate of drug-likeness (QED) is 0.583. The minimum absolute atomic E-state index is 0.00736. The van der Waals surface area contributed by atoms with E-state index < -0.39 is 0 Å². The number of rotatable bonds is 8. The number of carbonyl (C=O) groups excluding carboxylic acids is 1. The van der Waals surface area contributed by atoms with Crippen LogP contribution < -0.4 is 5.73 Å². The molecule has 0 aromatic heterocycles. The highest BCUT2D eigenvalue weighted by Gasteiger charge is 2.15. The summed E-state index contributed by atoms with van der Waals surface area (Å²) >= 11 is 4.87. The SMILES string of the molecule is COCCCN(CCC(N)=S)C(=O)c1ccccc1. The zero-order chi connectivity index (χ0) is 14.1. The lowest BCUT2D eigenvalue weighted by atomic mass is 10.2. The Morgan fingerprint density at radius 2 is 2.00 bits per heavy atom. The van der Waals surface area contributed by atoms with Crippen LogP contribution in [0.1, 0.15) is 23.2 Å². The number of hydrogen-bond acceptors (Lipinski definition) is 3. The van der Waals surface area contributed by atoms with Crippen LogP contribution >= 0.6 is 12.2 Å². The topological polar surface area (TPSA) is 55.6 Å². The molecule has 0 aliphatic carbocycles. The highest BCUT2D eigenvalue weighted by atomic mass is 32.1. The second kappa shape index (κ2) is 8.61. The third kappa shape index (κ3) is 5.81. The van der Waals surface area contributed by atoms with Crippen LogP contribution in [0.25, 0.3) is 0 Å². The minimum atomic E-state index is 0.00736. The van der Waals surface area contributed by atoms with E-state index in [9.17, 15) is 4.79 Å². The Hall–Kier alpha value is -1.46. The first-order chi connectivity index (χ1) is 9.15. The summed E-state index contributed by atoms with van der Waals surface area (Å²) in [6, 6.07) is 9.22. The fourth-order valence-electron chi connectivity index (χ4n) is 1.72. The first kappa shape index (κ1) is 15.6. The monoisotopic (exact) mass is 280 g/mol. The van der Waals surface area contributed by atoms with Gasteiger partial charge in [-0.3, -0.25) is 4.79 Å². The van der Waals surface area contributed by atoms with Gasteiger partial charge in [-0.25, -0.2) is 0 Å². The van der Waals surface area contributed by atoms with E-state index in [1.54, 1.807) is 12.0 Å². The van der Waals surface area contributed by atoms with Crippen LogP contribution in [-0.2, 0) is 4.74 Å². The number of hydrogen-bond donors (Lipinski definition) is 1. The van der Waals surface area contributed by atoms with Gasteiger partial charge in [0.25, 0.3) is 5.91 Å². The van der Waals surface area contributed by atoms with Crippen molar-refractivity contribution in [2.75, 3.05) is 26.8 Å². The summed E-state index contributed by atoms with van der Waals surface area (Å²) in [4.78, 5) is 14.6. The van der Waals surface area contributed by atoms with Crippen molar-refractivity contribution in [3.63, 3.8) is 0 Å². The molecule has 0 aliphatic rings. The van der Waals surface area contributed by atoms with Crippen molar-refractivity contribution in [2.24, 2.45) is 5.73 Å². The first-order valence-corrected chi connectivity index (χ1v) is 6.67. The van der Waals surface area contributed by atoms with Gasteiger partial charge in [0.2, 0.25) is 0 Å². The molecule has 1 aromatic carbocycles. The molecule has 0 radical (unpaired) electrons. The van der Waals surface area contributed by atoms with Gasteiger partial charge in [0, 0.05) is 38.8 Å². The van der Waals surface area contributed by atoms with Gasteiger partial charge >= 0.3 is 0 Å². The van der Waals surface area contributed by atoms with E-state index in [4.69, 9.17) is 22.7 Å². The highest BCUT2D eigenvalue weighted by Crippen LogP contribution is 2.06. The fraction of sp³-hybridized carbons (Fsp3) is 0.429. The molecule has 0 saturated carbocycles. The molecule has 0 fully saturated rings. The molecule has 1 amide bonds. The Morgan fingerprint density at radius 1 is 1.32 bits per heavy atom. The smallest absolute Gasteiger partial charge is 0.253 e. The van der Waals surface area contributed by atoms with Gasteiger partial charge in [0.05, 0.1) is 4.99 Å². The zero-order valence-electron chi connectivity index (χ0n) is 11.2. The van der Waals surface area contributed by atoms with Gasteiger partial charge in [0.15, 0.2) is 0 Å². The van der Waals surface area contributed by atoms with Crippen LogP contribution in [0.3, 0.4) is 0 Å². The maximum atomic E-state index is 12.4. The highest BCUT2D eigenvalue weighted by molar-refractivity contribution is 7.80. The van der Waals surface area contributed by atoms with E-state index in [0.717, 1.165) is 6.42 Å². The summed E-state index contributed by atoms with van der Waals surface area (Å²) in [5, 5.41) is 0. The van der Waals surface area contributed by atoms with Crippen molar-refractivity contribution in [1.82, 2.24) is 4.90 Å². The van der Waals surface area contributed by atoms with Crippen molar-refractivity contribution in [3.05, 3.63) is 35.9 Å². The predicted octanol–water partition coefficient (Wildman–Crippen LogP) is 1.84. The second-order valence-corrected chi connectivity index (χ2v) is 4.75. The minimum Gasteiger partial charge on any atom is -0.393 e. The Labute approximate surface area is 119 Å². The van der Waals surface area contributed by atoms with Crippen LogP contribution in [0, 0.1) is 0 Å². The van der Waals surface area contributed by atoms with Crippen LogP contribution in [0.15, 0.2) is 30.3 Å². The van der Waals surface area contributed by atoms with Crippen molar-refractivity contribution in [2.45, 2.75) is 12.8 Å². The van der Waals surface area contributed by atoms with Gasteiger partial charge in [-0.1, -0.05) is 30.4 Å². The molecule has 4 nitrogen and oxygen atoms in total. The molecule has 0 spiro atoms. The Balaban J connectivity index is 2.65. The first-order valence-electron chi connectivity index (χ1n) is 6.26. The molecule has 0 aliphatic heterocycles. The number of benzene rings is 1. The maximum absolute atomic E-state index is 12.4. The van der Waals surface area contributed by atoms with Crippen molar-refractivity contribution >= 4 is 23.1 Å². The standard InChI is InChI=1S/C14H20N2O2S/c1-18-11-5-9-16(10-8-13(15)19)14(17)12-6-3-2-4-7-12/h2-4,6-7H,5,8-11H2,1H3,(H2,15,19). The second-order valence-electron chi connectivity index (χ2n) is 4.22. The average molecular weight is 280 g/mol. The summed E-state index contributed by atoms with van der Waals surface area (Å²) in [5.41, 5.74) is 6.19. The number of nitrogens with two attached hydrogens (primary N) is 1. The summed E-state index contributed by atoms with van der Waals surface area (Å²) in [6.07, 6.45) is 1.34. The molecule has 1 rings (SSSR count). The molecular formula is C14H20N2O2S. The number of methoxy groups -OCH3 is 1. The maximum Gasteiger partial charge on any atom is 0.253 e. The number of carbonyl (C=O) groups is 1. The van der Waals surface area contributed by atoms with Gasteiger partial charge in [-0.2, -0.15) is 0 Å². The molecule has 2 N–H and O–H groups in total. The lowest BCUT2D eigenvalue weighted by Crippen LogP contribution is -2.35. The molecule has 0 atom stereocenters. The molecular weight excluding hydrogens is 260 g/mol. The molecule has 0 bridgehead atoms. The van der Waals surface area contributed by atoms with E-state index in [-0.39, 0.29) is 5.91 Å². The molecule has 104 valence electrons. The average Bonchev–Trinajstić information content (AvgIpc) is 2.42. The number of thiocarbonyl (C=S) groups is 1. The van der Waals surface area contributed by atoms with Crippen molar-refractivity contribution in [3.8, 4) is 0 Å². The molecule has 19 heavy (non-hydrogen) atoms. The summed E-state index contributed by atoms with van der Waals surface area (Å²) in [5.74, 6) is 0.00736. The van der Waals surface area contributed by atoms with Crippen LogP contribution in [-0.4, -0.2) is 42.6 Å². The van der Waals surface area contributed by atoms with E-state index in [0.29, 0.717) is 36.7 Å². The Kier molecular flexibility index (Phi) is 7.07. The van der Waals surface area contributed by atoms with E-state index in [1.165, 1.54) is 0 Å². The summed E-state index contributed by atoms with van der Waals surface area (Å²) in [7, 11) is 1.65.